The van der Waals surface area contributed by atoms with Crippen LogP contribution in [0, 0.1) is 17.3 Å². The first kappa shape index (κ1) is 38.5. The molecule has 0 spiro atoms. The second-order valence-corrected chi connectivity index (χ2v) is 16.8. The quantitative estimate of drug-likeness (QED) is 0.153. The smallest absolute Gasteiger partial charge is 0.482 e. The van der Waals surface area contributed by atoms with Crippen molar-refractivity contribution in [3.63, 3.8) is 0 Å². The Morgan fingerprint density at radius 1 is 0.980 bits per heavy atom. The Morgan fingerprint density at radius 2 is 1.69 bits per heavy atom. The van der Waals surface area contributed by atoms with Gasteiger partial charge < -0.3 is 38.9 Å². The van der Waals surface area contributed by atoms with E-state index in [-0.39, 0.29) is 37.0 Å². The average molecular weight is 707 g/mol. The van der Waals surface area contributed by atoms with E-state index in [1.807, 2.05) is 45.0 Å². The lowest BCUT2D eigenvalue weighted by Crippen LogP contribution is -2.65. The van der Waals surface area contributed by atoms with Crippen molar-refractivity contribution >= 4 is 25.1 Å². The van der Waals surface area contributed by atoms with Gasteiger partial charge >= 0.3 is 19.2 Å². The Bertz CT molecular complexity index is 1600. The van der Waals surface area contributed by atoms with Gasteiger partial charge in [-0.2, -0.15) is 0 Å². The van der Waals surface area contributed by atoms with Crippen molar-refractivity contribution in [1.29, 1.82) is 0 Å². The maximum absolute atomic E-state index is 13.8. The zero-order chi connectivity index (χ0) is 37.4. The van der Waals surface area contributed by atoms with Gasteiger partial charge in [-0.05, 0) is 114 Å². The highest BCUT2D eigenvalue weighted by molar-refractivity contribution is 6.48. The number of amides is 2. The summed E-state index contributed by atoms with van der Waals surface area (Å²) >= 11 is 0. The summed E-state index contributed by atoms with van der Waals surface area (Å²) in [7, 11) is 0.817. The van der Waals surface area contributed by atoms with Crippen LogP contribution in [0.5, 0.6) is 11.5 Å². The Balaban J connectivity index is 1.31. The minimum Gasteiger partial charge on any atom is -0.496 e. The van der Waals surface area contributed by atoms with Gasteiger partial charge in [0.05, 0.1) is 37.7 Å². The van der Waals surface area contributed by atoms with Crippen molar-refractivity contribution in [2.24, 2.45) is 17.3 Å². The lowest BCUT2D eigenvalue weighted by atomic mass is 9.43. The summed E-state index contributed by atoms with van der Waals surface area (Å²) in [4.78, 5) is 38.9. The normalized spacial score (nSPS) is 24.0. The van der Waals surface area contributed by atoms with E-state index in [1.165, 1.54) is 7.11 Å². The van der Waals surface area contributed by atoms with Crippen molar-refractivity contribution in [1.82, 2.24) is 10.6 Å². The second-order valence-electron chi connectivity index (χ2n) is 16.8. The van der Waals surface area contributed by atoms with Crippen molar-refractivity contribution in [2.45, 2.75) is 117 Å². The first-order valence-corrected chi connectivity index (χ1v) is 18.0. The third-order valence-corrected chi connectivity index (χ3v) is 10.3. The molecule has 2 bridgehead atoms. The molecule has 11 nitrogen and oxygen atoms in total. The van der Waals surface area contributed by atoms with E-state index < -0.39 is 41.9 Å². The number of benzene rings is 2. The van der Waals surface area contributed by atoms with E-state index in [2.05, 4.69) is 31.4 Å². The molecule has 5 atom stereocenters. The van der Waals surface area contributed by atoms with Gasteiger partial charge in [0.2, 0.25) is 5.91 Å². The topological polar surface area (TPSA) is 131 Å². The maximum Gasteiger partial charge on any atom is 0.482 e. The highest BCUT2D eigenvalue weighted by Crippen LogP contribution is 2.65. The molecule has 278 valence electrons. The van der Waals surface area contributed by atoms with Crippen LogP contribution in [0.3, 0.4) is 0 Å². The van der Waals surface area contributed by atoms with Gasteiger partial charge in [0.1, 0.15) is 34.9 Å². The number of ether oxygens (including phenoxy) is 4. The van der Waals surface area contributed by atoms with Gasteiger partial charge in [-0.25, -0.2) is 9.59 Å². The number of carbonyl (C=O) groups is 3. The van der Waals surface area contributed by atoms with Gasteiger partial charge in [0, 0.05) is 0 Å². The molecule has 2 aromatic carbocycles. The Kier molecular flexibility index (Phi) is 11.1. The molecule has 0 aromatic heterocycles. The third kappa shape index (κ3) is 9.00. The van der Waals surface area contributed by atoms with E-state index in [1.54, 1.807) is 39.0 Å². The summed E-state index contributed by atoms with van der Waals surface area (Å²) in [6.45, 7) is 18.1. The minimum absolute atomic E-state index is 0.0766. The summed E-state index contributed by atoms with van der Waals surface area (Å²) in [5.41, 5.74) is 0.204. The average Bonchev–Trinajstić information content (AvgIpc) is 3.38. The fourth-order valence-corrected chi connectivity index (χ4v) is 7.83. The molecule has 0 radical (unpaired) electrons. The number of para-hydroxylation sites is 1. The maximum atomic E-state index is 13.8. The van der Waals surface area contributed by atoms with Crippen LogP contribution in [-0.2, 0) is 36.4 Å². The first-order chi connectivity index (χ1) is 23.8. The van der Waals surface area contributed by atoms with Crippen molar-refractivity contribution in [3.05, 3.63) is 59.2 Å². The molecule has 1 saturated heterocycles. The lowest BCUT2D eigenvalue weighted by molar-refractivity contribution is -0.199. The molecule has 2 N–H and O–H groups in total. The molecule has 1 heterocycles. The molecule has 2 amide bonds. The fourth-order valence-electron chi connectivity index (χ4n) is 7.83. The Labute approximate surface area is 302 Å². The number of alkyl carbamates (subject to hydrolysis) is 1. The molecule has 4 aliphatic rings. The SMILES string of the molecule is COc1c(CC(NC(=O)Cc2cccc(OCCNC(=O)OC(C)(C)C)c2)B2OC3CC4CC(C4(C)C)C3(C)O2)cccc1C(=O)OC(C)(C)C. The zero-order valence-corrected chi connectivity index (χ0v) is 31.8. The molecule has 5 unspecified atom stereocenters. The van der Waals surface area contributed by atoms with E-state index in [9.17, 15) is 14.4 Å². The number of nitrogens with one attached hydrogen (secondary N) is 2. The largest absolute Gasteiger partial charge is 0.496 e. The molecule has 1 aliphatic heterocycles. The fraction of sp³-hybridized carbons (Fsp3) is 0.615. The molecular formula is C39H55BN2O9. The zero-order valence-electron chi connectivity index (χ0n) is 31.8. The molecule has 2 aromatic rings. The van der Waals surface area contributed by atoms with E-state index in [0.29, 0.717) is 35.3 Å². The highest BCUT2D eigenvalue weighted by Gasteiger charge is 2.68. The van der Waals surface area contributed by atoms with Gasteiger partial charge in [0.25, 0.3) is 0 Å². The summed E-state index contributed by atoms with van der Waals surface area (Å²) in [5, 5.41) is 5.88. The van der Waals surface area contributed by atoms with Crippen LogP contribution >= 0.6 is 0 Å². The molecule has 4 fully saturated rings. The first-order valence-electron chi connectivity index (χ1n) is 18.0. The van der Waals surface area contributed by atoms with Gasteiger partial charge in [0.15, 0.2) is 0 Å². The van der Waals surface area contributed by atoms with Crippen LogP contribution in [0.1, 0.15) is 96.6 Å². The number of hydrogen-bond acceptors (Lipinski definition) is 9. The number of carbonyl (C=O) groups excluding carboxylic acids is 3. The molecule has 3 aliphatic carbocycles. The van der Waals surface area contributed by atoms with Crippen LogP contribution in [0.4, 0.5) is 4.79 Å². The van der Waals surface area contributed by atoms with Crippen LogP contribution in [0.25, 0.3) is 0 Å². The monoisotopic (exact) mass is 706 g/mol. The van der Waals surface area contributed by atoms with E-state index in [4.69, 9.17) is 28.3 Å². The highest BCUT2D eigenvalue weighted by atomic mass is 16.7. The van der Waals surface area contributed by atoms with Gasteiger partial charge in [-0.1, -0.05) is 38.1 Å². The van der Waals surface area contributed by atoms with Crippen molar-refractivity contribution in [2.75, 3.05) is 20.3 Å². The predicted molar refractivity (Wildman–Crippen MR) is 194 cm³/mol. The van der Waals surface area contributed by atoms with E-state index >= 15 is 0 Å². The molecule has 6 rings (SSSR count). The Hall–Kier alpha value is -3.77. The predicted octanol–water partition coefficient (Wildman–Crippen LogP) is 6.09. The summed E-state index contributed by atoms with van der Waals surface area (Å²) in [6.07, 6.45) is 1.81. The molecule has 3 saturated carbocycles. The van der Waals surface area contributed by atoms with Crippen LogP contribution in [0.2, 0.25) is 0 Å². The number of methoxy groups -OCH3 is 1. The van der Waals surface area contributed by atoms with Crippen LogP contribution in [0.15, 0.2) is 42.5 Å². The molecule has 51 heavy (non-hydrogen) atoms. The third-order valence-electron chi connectivity index (χ3n) is 10.3. The molecule has 12 heteroatoms. The summed E-state index contributed by atoms with van der Waals surface area (Å²) in [5.74, 6) is 0.601. The van der Waals surface area contributed by atoms with Crippen molar-refractivity contribution in [3.8, 4) is 11.5 Å². The van der Waals surface area contributed by atoms with Crippen molar-refractivity contribution < 1.29 is 42.6 Å². The van der Waals surface area contributed by atoms with Crippen LogP contribution < -0.4 is 20.1 Å². The number of rotatable bonds is 12. The minimum atomic E-state index is -0.707. The number of hydrogen-bond donors (Lipinski definition) is 2. The summed E-state index contributed by atoms with van der Waals surface area (Å²) < 4.78 is 36.0. The Morgan fingerprint density at radius 3 is 2.35 bits per heavy atom. The van der Waals surface area contributed by atoms with E-state index in [0.717, 1.165) is 24.0 Å². The second kappa shape index (κ2) is 14.7. The van der Waals surface area contributed by atoms with Crippen LogP contribution in [-0.4, -0.2) is 74.2 Å². The van der Waals surface area contributed by atoms with Gasteiger partial charge in [-0.15, -0.1) is 0 Å². The van der Waals surface area contributed by atoms with Gasteiger partial charge in [-0.3, -0.25) is 4.79 Å². The number of esters is 1. The summed E-state index contributed by atoms with van der Waals surface area (Å²) in [6, 6.07) is 12.7. The molecular weight excluding hydrogens is 651 g/mol. The lowest BCUT2D eigenvalue weighted by Gasteiger charge is -2.64. The standard InChI is InChI=1S/C39H55BN2O9/c1-36(2,3)48-34(44)28-16-12-14-25(33(28)46-10)21-31(40-50-30-23-26-22-29(38(26,7)8)39(30,9)51-40)42-32(43)20-24-13-11-15-27(19-24)47-18-17-41-35(45)49-37(4,5)6/h11-16,19,26,29-31H,17-18,20-23H2,1-10H3,(H,41,45)(H,42,43).